The van der Waals surface area contributed by atoms with Gasteiger partial charge in [0.15, 0.2) is 6.10 Å². The lowest BCUT2D eigenvalue weighted by Crippen LogP contribution is -2.42. The molecule has 2 N–H and O–H groups in total. The number of benzene rings is 1. The summed E-state index contributed by atoms with van der Waals surface area (Å²) >= 11 is 0. The first-order valence-corrected chi connectivity index (χ1v) is 5.96. The molecule has 1 aliphatic rings. The minimum absolute atomic E-state index is 0.198. The largest absolute Gasteiger partial charge is 0.478 e. The van der Waals surface area contributed by atoms with E-state index >= 15 is 0 Å². The fourth-order valence-electron chi connectivity index (χ4n) is 1.76. The van der Waals surface area contributed by atoms with E-state index in [0.29, 0.717) is 13.2 Å². The van der Waals surface area contributed by atoms with Gasteiger partial charge in [-0.25, -0.2) is 4.79 Å². The molecule has 0 spiro atoms. The van der Waals surface area contributed by atoms with E-state index in [2.05, 4.69) is 5.32 Å². The number of carboxylic acid groups (broad SMARTS) is 1. The van der Waals surface area contributed by atoms with Gasteiger partial charge < -0.3 is 19.9 Å². The van der Waals surface area contributed by atoms with Gasteiger partial charge in [-0.05, 0) is 17.7 Å². The molecule has 102 valence electrons. The molecule has 0 saturated carbocycles. The molecule has 1 atom stereocenters. The van der Waals surface area contributed by atoms with Gasteiger partial charge in [-0.15, -0.1) is 0 Å². The number of hydrogen-bond donors (Lipinski definition) is 2. The van der Waals surface area contributed by atoms with Crippen LogP contribution in [0.4, 0.5) is 0 Å². The summed E-state index contributed by atoms with van der Waals surface area (Å²) in [6, 6.07) is 6.43. The van der Waals surface area contributed by atoms with Gasteiger partial charge in [0.1, 0.15) is 0 Å². The van der Waals surface area contributed by atoms with E-state index in [4.69, 9.17) is 14.6 Å². The summed E-state index contributed by atoms with van der Waals surface area (Å²) in [6.45, 7) is 1.43. The second-order valence-electron chi connectivity index (χ2n) is 4.16. The van der Waals surface area contributed by atoms with Crippen molar-refractivity contribution in [2.45, 2.75) is 12.6 Å². The molecule has 0 radical (unpaired) electrons. The summed E-state index contributed by atoms with van der Waals surface area (Å²) in [7, 11) is 0. The number of rotatable bonds is 4. The number of carbonyl (C=O) groups is 2. The molecular weight excluding hydrogens is 250 g/mol. The van der Waals surface area contributed by atoms with Crippen LogP contribution in [0.25, 0.3) is 0 Å². The van der Waals surface area contributed by atoms with Crippen molar-refractivity contribution in [1.29, 1.82) is 0 Å². The molecule has 1 aliphatic heterocycles. The fraction of sp³-hybridized carbons (Fsp3) is 0.385. The molecule has 0 aromatic heterocycles. The van der Waals surface area contributed by atoms with Crippen molar-refractivity contribution in [1.82, 2.24) is 5.32 Å². The molecule has 2 rings (SSSR count). The SMILES string of the molecule is O=C(O)c1cccc(CNC(=O)C2COCCO2)c1. The summed E-state index contributed by atoms with van der Waals surface area (Å²) in [4.78, 5) is 22.6. The Labute approximate surface area is 110 Å². The first kappa shape index (κ1) is 13.5. The molecule has 0 aliphatic carbocycles. The lowest BCUT2D eigenvalue weighted by molar-refractivity contribution is -0.147. The van der Waals surface area contributed by atoms with Gasteiger partial charge in [0.05, 0.1) is 25.4 Å². The first-order valence-electron chi connectivity index (χ1n) is 5.96. The smallest absolute Gasteiger partial charge is 0.335 e. The van der Waals surface area contributed by atoms with Gasteiger partial charge in [-0.2, -0.15) is 0 Å². The monoisotopic (exact) mass is 265 g/mol. The van der Waals surface area contributed by atoms with Crippen LogP contribution in [0.1, 0.15) is 15.9 Å². The third-order valence-electron chi connectivity index (χ3n) is 2.75. The van der Waals surface area contributed by atoms with Crippen molar-refractivity contribution >= 4 is 11.9 Å². The fourth-order valence-corrected chi connectivity index (χ4v) is 1.76. The van der Waals surface area contributed by atoms with Gasteiger partial charge in [0, 0.05) is 6.54 Å². The van der Waals surface area contributed by atoms with Gasteiger partial charge in [0.25, 0.3) is 5.91 Å². The minimum atomic E-state index is -0.989. The van der Waals surface area contributed by atoms with Crippen molar-refractivity contribution in [3.63, 3.8) is 0 Å². The number of hydrogen-bond acceptors (Lipinski definition) is 4. The highest BCUT2D eigenvalue weighted by Crippen LogP contribution is 2.06. The van der Waals surface area contributed by atoms with Crippen molar-refractivity contribution in [3.8, 4) is 0 Å². The number of ether oxygens (including phenoxy) is 2. The Morgan fingerprint density at radius 1 is 1.37 bits per heavy atom. The Hall–Kier alpha value is -1.92. The van der Waals surface area contributed by atoms with Crippen LogP contribution in [0.15, 0.2) is 24.3 Å². The van der Waals surface area contributed by atoms with Crippen LogP contribution < -0.4 is 5.32 Å². The normalized spacial score (nSPS) is 18.8. The average molecular weight is 265 g/mol. The average Bonchev–Trinajstić information content (AvgIpc) is 2.46. The highest BCUT2D eigenvalue weighted by molar-refractivity contribution is 5.87. The van der Waals surface area contributed by atoms with E-state index in [9.17, 15) is 9.59 Å². The van der Waals surface area contributed by atoms with E-state index in [0.717, 1.165) is 5.56 Å². The highest BCUT2D eigenvalue weighted by Gasteiger charge is 2.22. The Kier molecular flexibility index (Phi) is 4.48. The molecule has 1 fully saturated rings. The summed E-state index contributed by atoms with van der Waals surface area (Å²) in [6.07, 6.45) is -0.587. The number of nitrogens with one attached hydrogen (secondary N) is 1. The van der Waals surface area contributed by atoms with Gasteiger partial charge in [-0.1, -0.05) is 12.1 Å². The summed E-state index contributed by atoms with van der Waals surface area (Å²) in [5.74, 6) is -1.24. The number of amides is 1. The summed E-state index contributed by atoms with van der Waals surface area (Å²) in [5.41, 5.74) is 0.925. The molecule has 0 bridgehead atoms. The molecule has 19 heavy (non-hydrogen) atoms. The summed E-state index contributed by atoms with van der Waals surface area (Å²) in [5, 5.41) is 11.6. The highest BCUT2D eigenvalue weighted by atomic mass is 16.6. The van der Waals surface area contributed by atoms with Gasteiger partial charge in [0.2, 0.25) is 0 Å². The zero-order valence-electron chi connectivity index (χ0n) is 10.3. The van der Waals surface area contributed by atoms with Crippen LogP contribution in [0, 0.1) is 0 Å². The molecule has 1 unspecified atom stereocenters. The van der Waals surface area contributed by atoms with Crippen molar-refractivity contribution in [3.05, 3.63) is 35.4 Å². The van der Waals surface area contributed by atoms with Crippen LogP contribution in [0.5, 0.6) is 0 Å². The Bertz CT molecular complexity index is 468. The predicted octanol–water partition coefficient (Wildman–Crippen LogP) is 0.416. The molecule has 1 aromatic carbocycles. The molecule has 1 aromatic rings. The minimum Gasteiger partial charge on any atom is -0.478 e. The number of aromatic carboxylic acids is 1. The van der Waals surface area contributed by atoms with Crippen molar-refractivity contribution in [2.24, 2.45) is 0 Å². The summed E-state index contributed by atoms with van der Waals surface area (Å²) < 4.78 is 10.4. The third kappa shape index (κ3) is 3.77. The van der Waals surface area contributed by atoms with Crippen LogP contribution in [0.2, 0.25) is 0 Å². The zero-order chi connectivity index (χ0) is 13.7. The standard InChI is InChI=1S/C13H15NO5/c15-12(11-8-18-4-5-19-11)14-7-9-2-1-3-10(6-9)13(16)17/h1-3,6,11H,4-5,7-8H2,(H,14,15)(H,16,17). The first-order chi connectivity index (χ1) is 9.16. The van der Waals surface area contributed by atoms with Crippen LogP contribution in [-0.2, 0) is 20.8 Å². The van der Waals surface area contributed by atoms with Crippen molar-refractivity contribution in [2.75, 3.05) is 19.8 Å². The Balaban J connectivity index is 1.89. The van der Waals surface area contributed by atoms with Crippen LogP contribution >= 0.6 is 0 Å². The molecular formula is C13H15NO5. The van der Waals surface area contributed by atoms with Crippen LogP contribution in [0.3, 0.4) is 0 Å². The van der Waals surface area contributed by atoms with Gasteiger partial charge >= 0.3 is 5.97 Å². The molecule has 1 heterocycles. The third-order valence-corrected chi connectivity index (χ3v) is 2.75. The maximum Gasteiger partial charge on any atom is 0.335 e. The second-order valence-corrected chi connectivity index (χ2v) is 4.16. The van der Waals surface area contributed by atoms with E-state index in [1.165, 1.54) is 12.1 Å². The molecule has 6 heteroatoms. The molecule has 6 nitrogen and oxygen atoms in total. The van der Waals surface area contributed by atoms with E-state index in [-0.39, 0.29) is 24.6 Å². The van der Waals surface area contributed by atoms with E-state index in [1.54, 1.807) is 12.1 Å². The van der Waals surface area contributed by atoms with Crippen LogP contribution in [-0.4, -0.2) is 42.9 Å². The second kappa shape index (κ2) is 6.31. The lowest BCUT2D eigenvalue weighted by atomic mass is 10.1. The Morgan fingerprint density at radius 3 is 2.89 bits per heavy atom. The van der Waals surface area contributed by atoms with E-state index in [1.807, 2.05) is 0 Å². The molecule has 1 saturated heterocycles. The lowest BCUT2D eigenvalue weighted by Gasteiger charge is -2.22. The zero-order valence-corrected chi connectivity index (χ0v) is 10.3. The topological polar surface area (TPSA) is 84.9 Å². The number of carboxylic acids is 1. The van der Waals surface area contributed by atoms with Gasteiger partial charge in [-0.3, -0.25) is 4.79 Å². The number of carbonyl (C=O) groups excluding carboxylic acids is 1. The van der Waals surface area contributed by atoms with E-state index < -0.39 is 12.1 Å². The Morgan fingerprint density at radius 2 is 2.21 bits per heavy atom. The molecule has 1 amide bonds. The maximum absolute atomic E-state index is 11.8. The van der Waals surface area contributed by atoms with Crippen molar-refractivity contribution < 1.29 is 24.2 Å². The quantitative estimate of drug-likeness (QED) is 0.824. The predicted molar refractivity (Wildman–Crippen MR) is 65.8 cm³/mol. The maximum atomic E-state index is 11.8.